The van der Waals surface area contributed by atoms with Gasteiger partial charge in [-0.1, -0.05) is 18.2 Å². The number of nitrogens with zero attached hydrogens (tertiary/aromatic N) is 1. The lowest BCUT2D eigenvalue weighted by Gasteiger charge is -2.25. The van der Waals surface area contributed by atoms with Gasteiger partial charge >= 0.3 is 6.18 Å². The molecule has 0 bridgehead atoms. The molecular weight excluding hydrogens is 389 g/mol. The third-order valence-electron chi connectivity index (χ3n) is 3.67. The van der Waals surface area contributed by atoms with Gasteiger partial charge in [0.25, 0.3) is 0 Å². The molecule has 2 aromatic rings. The molecule has 0 saturated heterocycles. The molecule has 0 aliphatic carbocycles. The second-order valence-corrected chi connectivity index (χ2v) is 6.07. The lowest BCUT2D eigenvalue weighted by atomic mass is 10.1. The van der Waals surface area contributed by atoms with E-state index in [0.717, 1.165) is 29.2 Å². The van der Waals surface area contributed by atoms with E-state index in [0.29, 0.717) is 6.07 Å². The summed E-state index contributed by atoms with van der Waals surface area (Å²) in [6, 6.07) is 6.62. The highest BCUT2D eigenvalue weighted by atomic mass is 35.5. The molecule has 0 saturated carbocycles. The molecule has 1 unspecified atom stereocenters. The number of alkyl halides is 4. The first-order valence-electron chi connectivity index (χ1n) is 7.83. The van der Waals surface area contributed by atoms with Gasteiger partial charge in [0.15, 0.2) is 0 Å². The number of anilines is 1. The van der Waals surface area contributed by atoms with Crippen LogP contribution in [0.1, 0.15) is 23.4 Å². The van der Waals surface area contributed by atoms with E-state index < -0.39 is 34.7 Å². The van der Waals surface area contributed by atoms with E-state index in [-0.39, 0.29) is 17.8 Å². The van der Waals surface area contributed by atoms with E-state index in [1.54, 1.807) is 19.1 Å². The third kappa shape index (κ3) is 5.29. The normalized spacial score (nSPS) is 13.0. The van der Waals surface area contributed by atoms with Crippen LogP contribution in [0.5, 0.6) is 0 Å². The second-order valence-electron chi connectivity index (χ2n) is 5.63. The minimum Gasteiger partial charge on any atom is -0.307 e. The summed E-state index contributed by atoms with van der Waals surface area (Å²) in [5.41, 5.74) is -1.09. The van der Waals surface area contributed by atoms with E-state index in [1.807, 2.05) is 0 Å². The van der Waals surface area contributed by atoms with Gasteiger partial charge in [-0.05, 0) is 42.8 Å². The Labute approximate surface area is 157 Å². The topological polar surface area (TPSA) is 20.3 Å². The summed E-state index contributed by atoms with van der Waals surface area (Å²) in [7, 11) is 0. The van der Waals surface area contributed by atoms with E-state index in [2.05, 4.69) is 0 Å². The number of carbonyl (C=O) groups is 1. The van der Waals surface area contributed by atoms with Crippen LogP contribution >= 0.6 is 11.6 Å². The maximum absolute atomic E-state index is 13.4. The molecule has 8 heteroatoms. The molecule has 0 fully saturated rings. The molecule has 0 aromatic heterocycles. The average molecular weight is 404 g/mol. The number of carbonyl (C=O) groups excluding carboxylic acids is 1. The maximum Gasteiger partial charge on any atom is 0.416 e. The van der Waals surface area contributed by atoms with Crippen molar-refractivity contribution in [2.24, 2.45) is 0 Å². The van der Waals surface area contributed by atoms with Crippen molar-refractivity contribution in [3.05, 3.63) is 77.4 Å². The summed E-state index contributed by atoms with van der Waals surface area (Å²) in [4.78, 5) is 13.8. The van der Waals surface area contributed by atoms with Crippen LogP contribution in [-0.2, 0) is 11.0 Å². The van der Waals surface area contributed by atoms with Gasteiger partial charge in [-0.2, -0.15) is 13.2 Å². The van der Waals surface area contributed by atoms with Gasteiger partial charge < -0.3 is 4.90 Å². The average Bonchev–Trinajstić information content (AvgIpc) is 2.60. The van der Waals surface area contributed by atoms with Gasteiger partial charge in [-0.15, -0.1) is 11.6 Å². The molecular formula is C19H15ClF5NO. The number of hydrogen-bond acceptors (Lipinski definition) is 1. The standard InChI is InChI=1S/C19H15ClF5NO/c1-2-3-7-26(16-6-4-5-13(10-16)19(23,24)25)18(27)17(20)12-8-14(21)11-15(22)9-12/h2-6,8-11,17H,7H2,1H3/b3-2+. The summed E-state index contributed by atoms with van der Waals surface area (Å²) >= 11 is 6.08. The van der Waals surface area contributed by atoms with E-state index in [4.69, 9.17) is 11.6 Å². The van der Waals surface area contributed by atoms with Gasteiger partial charge in [-0.25, -0.2) is 8.78 Å². The molecule has 2 nitrogen and oxygen atoms in total. The Kier molecular flexibility index (Phi) is 6.59. The molecule has 0 radical (unpaired) electrons. The fraction of sp³-hybridized carbons (Fsp3) is 0.211. The molecule has 144 valence electrons. The summed E-state index contributed by atoms with van der Waals surface area (Å²) < 4.78 is 65.7. The van der Waals surface area contributed by atoms with Crippen LogP contribution in [0.15, 0.2) is 54.6 Å². The van der Waals surface area contributed by atoms with Gasteiger partial charge in [-0.3, -0.25) is 4.79 Å². The molecule has 0 N–H and O–H groups in total. The van der Waals surface area contributed by atoms with Gasteiger partial charge in [0.1, 0.15) is 17.0 Å². The molecule has 2 aromatic carbocycles. The molecule has 27 heavy (non-hydrogen) atoms. The van der Waals surface area contributed by atoms with Gasteiger partial charge in [0.2, 0.25) is 5.91 Å². The van der Waals surface area contributed by atoms with E-state index in [9.17, 15) is 26.7 Å². The highest BCUT2D eigenvalue weighted by molar-refractivity contribution is 6.32. The number of halogens is 6. The van der Waals surface area contributed by atoms with Crippen molar-refractivity contribution < 1.29 is 26.7 Å². The first-order chi connectivity index (χ1) is 12.6. The monoisotopic (exact) mass is 403 g/mol. The summed E-state index contributed by atoms with van der Waals surface area (Å²) in [5.74, 6) is -2.64. The van der Waals surface area contributed by atoms with Crippen molar-refractivity contribution in [1.82, 2.24) is 0 Å². The molecule has 0 spiro atoms. The minimum absolute atomic E-state index is 0.0320. The van der Waals surface area contributed by atoms with Crippen LogP contribution in [-0.4, -0.2) is 12.5 Å². The Morgan fingerprint density at radius 2 is 1.78 bits per heavy atom. The van der Waals surface area contributed by atoms with Crippen LogP contribution in [0.25, 0.3) is 0 Å². The molecule has 1 amide bonds. The van der Waals surface area contributed by atoms with Crippen LogP contribution in [0, 0.1) is 11.6 Å². The zero-order valence-electron chi connectivity index (χ0n) is 14.1. The van der Waals surface area contributed by atoms with Crippen molar-refractivity contribution in [3.8, 4) is 0 Å². The Hall–Kier alpha value is -2.41. The highest BCUT2D eigenvalue weighted by Crippen LogP contribution is 2.33. The Morgan fingerprint density at radius 3 is 2.33 bits per heavy atom. The number of amides is 1. The Balaban J connectivity index is 2.42. The fourth-order valence-corrected chi connectivity index (χ4v) is 2.63. The summed E-state index contributed by atoms with van der Waals surface area (Å²) in [6.07, 6.45) is -1.43. The maximum atomic E-state index is 13.4. The lowest BCUT2D eigenvalue weighted by Crippen LogP contribution is -2.34. The first-order valence-corrected chi connectivity index (χ1v) is 8.27. The second kappa shape index (κ2) is 8.52. The molecule has 0 aliphatic heterocycles. The Morgan fingerprint density at radius 1 is 1.15 bits per heavy atom. The first kappa shape index (κ1) is 20.9. The zero-order valence-corrected chi connectivity index (χ0v) is 14.9. The largest absolute Gasteiger partial charge is 0.416 e. The van der Waals surface area contributed by atoms with Crippen LogP contribution in [0.3, 0.4) is 0 Å². The number of rotatable bonds is 5. The lowest BCUT2D eigenvalue weighted by molar-refractivity contribution is -0.137. The third-order valence-corrected chi connectivity index (χ3v) is 4.11. The number of allylic oxidation sites excluding steroid dienone is 1. The van der Waals surface area contributed by atoms with E-state index >= 15 is 0 Å². The van der Waals surface area contributed by atoms with E-state index in [1.165, 1.54) is 12.1 Å². The van der Waals surface area contributed by atoms with Crippen molar-refractivity contribution >= 4 is 23.2 Å². The SMILES string of the molecule is C/C=C/CN(C(=O)C(Cl)c1cc(F)cc(F)c1)c1cccc(C(F)(F)F)c1. The number of hydrogen-bond donors (Lipinski definition) is 0. The fourth-order valence-electron chi connectivity index (χ4n) is 2.38. The molecule has 2 rings (SSSR count). The van der Waals surface area contributed by atoms with Crippen LogP contribution in [0.2, 0.25) is 0 Å². The van der Waals surface area contributed by atoms with Crippen molar-refractivity contribution in [2.75, 3.05) is 11.4 Å². The summed E-state index contributed by atoms with van der Waals surface area (Å²) in [5, 5.41) is -1.48. The van der Waals surface area contributed by atoms with Crippen LogP contribution < -0.4 is 4.90 Å². The van der Waals surface area contributed by atoms with Gasteiger partial charge in [0, 0.05) is 18.3 Å². The zero-order chi connectivity index (χ0) is 20.2. The molecule has 0 aliphatic rings. The Bertz CT molecular complexity index is 830. The number of benzene rings is 2. The smallest absolute Gasteiger partial charge is 0.307 e. The predicted octanol–water partition coefficient (Wildman–Crippen LogP) is 5.87. The quantitative estimate of drug-likeness (QED) is 0.347. The van der Waals surface area contributed by atoms with Gasteiger partial charge in [0.05, 0.1) is 5.56 Å². The molecule has 0 heterocycles. The minimum atomic E-state index is -4.59. The van der Waals surface area contributed by atoms with Crippen molar-refractivity contribution in [2.45, 2.75) is 18.5 Å². The van der Waals surface area contributed by atoms with Crippen molar-refractivity contribution in [1.29, 1.82) is 0 Å². The van der Waals surface area contributed by atoms with Crippen LogP contribution in [0.4, 0.5) is 27.6 Å². The highest BCUT2D eigenvalue weighted by Gasteiger charge is 2.32. The summed E-state index contributed by atoms with van der Waals surface area (Å²) in [6.45, 7) is 1.62. The molecule has 1 atom stereocenters. The van der Waals surface area contributed by atoms with Crippen molar-refractivity contribution in [3.63, 3.8) is 0 Å². The predicted molar refractivity (Wildman–Crippen MR) is 93.6 cm³/mol.